The number of fused-ring (bicyclic) bond motifs is 2. The van der Waals surface area contributed by atoms with Gasteiger partial charge in [0.2, 0.25) is 0 Å². The van der Waals surface area contributed by atoms with Crippen LogP contribution >= 0.6 is 0 Å². The molecular formula is C24H22N4O2. The summed E-state index contributed by atoms with van der Waals surface area (Å²) in [6.45, 7) is 1.12. The minimum absolute atomic E-state index is 0.546. The lowest BCUT2D eigenvalue weighted by molar-refractivity contribution is 0.171. The zero-order chi connectivity index (χ0) is 20.5. The van der Waals surface area contributed by atoms with E-state index in [2.05, 4.69) is 34.5 Å². The molecule has 30 heavy (non-hydrogen) atoms. The Morgan fingerprint density at radius 1 is 0.833 bits per heavy atom. The maximum absolute atomic E-state index is 5.73. The van der Waals surface area contributed by atoms with Crippen LogP contribution in [0, 0.1) is 0 Å². The van der Waals surface area contributed by atoms with Crippen LogP contribution in [0.15, 0.2) is 66.7 Å². The molecule has 0 amide bonds. The van der Waals surface area contributed by atoms with Gasteiger partial charge in [-0.2, -0.15) is 0 Å². The van der Waals surface area contributed by atoms with Gasteiger partial charge in [0.15, 0.2) is 17.3 Å². The van der Waals surface area contributed by atoms with Gasteiger partial charge in [-0.05, 0) is 54.6 Å². The minimum Gasteiger partial charge on any atom is -0.486 e. The van der Waals surface area contributed by atoms with Crippen molar-refractivity contribution in [3.8, 4) is 22.9 Å². The fourth-order valence-electron chi connectivity index (χ4n) is 3.46. The number of benzene rings is 3. The van der Waals surface area contributed by atoms with E-state index in [4.69, 9.17) is 19.4 Å². The lowest BCUT2D eigenvalue weighted by atomic mass is 10.1. The Balaban J connectivity index is 1.56. The Hall–Kier alpha value is -3.80. The van der Waals surface area contributed by atoms with Crippen molar-refractivity contribution in [1.29, 1.82) is 0 Å². The molecule has 0 aliphatic carbocycles. The van der Waals surface area contributed by atoms with Crippen molar-refractivity contribution in [2.75, 3.05) is 37.5 Å². The molecule has 6 nitrogen and oxygen atoms in total. The van der Waals surface area contributed by atoms with E-state index in [9.17, 15) is 0 Å². The van der Waals surface area contributed by atoms with Gasteiger partial charge in [-0.3, -0.25) is 0 Å². The van der Waals surface area contributed by atoms with Gasteiger partial charge in [0.1, 0.15) is 19.0 Å². The number of hydrogen-bond donors (Lipinski definition) is 1. The Bertz CT molecular complexity index is 1210. The van der Waals surface area contributed by atoms with E-state index in [1.807, 2.05) is 56.6 Å². The van der Waals surface area contributed by atoms with E-state index in [0.29, 0.717) is 19.0 Å². The van der Waals surface area contributed by atoms with Crippen LogP contribution in [0.4, 0.5) is 17.2 Å². The zero-order valence-corrected chi connectivity index (χ0v) is 16.9. The summed E-state index contributed by atoms with van der Waals surface area (Å²) in [6.07, 6.45) is 0. The van der Waals surface area contributed by atoms with Gasteiger partial charge in [0, 0.05) is 36.4 Å². The number of ether oxygens (including phenoxy) is 2. The van der Waals surface area contributed by atoms with Crippen molar-refractivity contribution in [2.24, 2.45) is 0 Å². The Morgan fingerprint density at radius 3 is 2.40 bits per heavy atom. The van der Waals surface area contributed by atoms with Crippen LogP contribution in [0.2, 0.25) is 0 Å². The molecule has 0 bridgehead atoms. The zero-order valence-electron chi connectivity index (χ0n) is 16.9. The van der Waals surface area contributed by atoms with E-state index in [1.165, 1.54) is 0 Å². The van der Waals surface area contributed by atoms with E-state index >= 15 is 0 Å². The van der Waals surface area contributed by atoms with Gasteiger partial charge >= 0.3 is 0 Å². The second kappa shape index (κ2) is 7.55. The van der Waals surface area contributed by atoms with Crippen molar-refractivity contribution in [3.05, 3.63) is 66.7 Å². The van der Waals surface area contributed by atoms with Crippen molar-refractivity contribution in [2.45, 2.75) is 0 Å². The third-order valence-corrected chi connectivity index (χ3v) is 5.05. The molecule has 2 heterocycles. The fraction of sp³-hybridized carbons (Fsp3) is 0.167. The average Bonchev–Trinajstić information content (AvgIpc) is 2.79. The van der Waals surface area contributed by atoms with Gasteiger partial charge in [0.05, 0.1) is 5.52 Å². The molecule has 150 valence electrons. The molecule has 0 saturated carbocycles. The second-order valence-corrected chi connectivity index (χ2v) is 7.34. The third kappa shape index (κ3) is 3.48. The van der Waals surface area contributed by atoms with Gasteiger partial charge in [-0.1, -0.05) is 12.1 Å². The molecule has 0 spiro atoms. The molecule has 0 saturated heterocycles. The molecule has 0 unspecified atom stereocenters. The van der Waals surface area contributed by atoms with Crippen LogP contribution in [0.3, 0.4) is 0 Å². The Labute approximate surface area is 175 Å². The molecule has 1 N–H and O–H groups in total. The largest absolute Gasteiger partial charge is 0.486 e. The van der Waals surface area contributed by atoms with Crippen molar-refractivity contribution < 1.29 is 9.47 Å². The molecule has 0 radical (unpaired) electrons. The van der Waals surface area contributed by atoms with Gasteiger partial charge < -0.3 is 19.7 Å². The number of anilines is 3. The highest BCUT2D eigenvalue weighted by atomic mass is 16.6. The predicted octanol–water partition coefficient (Wildman–Crippen LogP) is 4.88. The molecule has 1 aliphatic rings. The maximum Gasteiger partial charge on any atom is 0.162 e. The molecule has 3 aromatic carbocycles. The monoisotopic (exact) mass is 398 g/mol. The number of para-hydroxylation sites is 1. The lowest BCUT2D eigenvalue weighted by Gasteiger charge is -2.19. The van der Waals surface area contributed by atoms with Crippen molar-refractivity contribution in [1.82, 2.24) is 9.97 Å². The predicted molar refractivity (Wildman–Crippen MR) is 120 cm³/mol. The van der Waals surface area contributed by atoms with E-state index < -0.39 is 0 Å². The summed E-state index contributed by atoms with van der Waals surface area (Å²) in [6, 6.07) is 22.1. The lowest BCUT2D eigenvalue weighted by Crippen LogP contribution is -2.15. The highest BCUT2D eigenvalue weighted by Gasteiger charge is 2.15. The topological polar surface area (TPSA) is 59.5 Å². The number of nitrogens with one attached hydrogen (secondary N) is 1. The summed E-state index contributed by atoms with van der Waals surface area (Å²) in [5, 5.41) is 4.43. The summed E-state index contributed by atoms with van der Waals surface area (Å²) in [5.41, 5.74) is 3.88. The average molecular weight is 398 g/mol. The second-order valence-electron chi connectivity index (χ2n) is 7.34. The SMILES string of the molecule is CN(C)c1ccc(Nc2nc(-c3ccc4c(c3)OCCO4)nc3ccccc23)cc1. The van der Waals surface area contributed by atoms with Crippen molar-refractivity contribution in [3.63, 3.8) is 0 Å². The standard InChI is InChI=1S/C24H22N4O2/c1-28(2)18-10-8-17(9-11-18)25-24-19-5-3-4-6-20(19)26-23(27-24)16-7-12-21-22(15-16)30-14-13-29-21/h3-12,15H,13-14H2,1-2H3,(H,25,26,27). The van der Waals surface area contributed by atoms with Crippen LogP contribution < -0.4 is 19.7 Å². The molecular weight excluding hydrogens is 376 g/mol. The van der Waals surface area contributed by atoms with E-state index in [1.54, 1.807) is 0 Å². The molecule has 1 aromatic heterocycles. The smallest absolute Gasteiger partial charge is 0.162 e. The normalized spacial score (nSPS) is 12.6. The first-order chi connectivity index (χ1) is 14.7. The summed E-state index contributed by atoms with van der Waals surface area (Å²) >= 11 is 0. The van der Waals surface area contributed by atoms with Crippen molar-refractivity contribution >= 4 is 28.1 Å². The summed E-state index contributed by atoms with van der Waals surface area (Å²) in [7, 11) is 4.06. The van der Waals surface area contributed by atoms with Crippen LogP contribution in [0.1, 0.15) is 0 Å². The van der Waals surface area contributed by atoms with Crippen LogP contribution in [-0.4, -0.2) is 37.3 Å². The fourth-order valence-corrected chi connectivity index (χ4v) is 3.46. The first kappa shape index (κ1) is 18.2. The number of nitrogens with zero attached hydrogens (tertiary/aromatic N) is 3. The first-order valence-electron chi connectivity index (χ1n) is 9.88. The highest BCUT2D eigenvalue weighted by molar-refractivity contribution is 5.92. The number of hydrogen-bond acceptors (Lipinski definition) is 6. The van der Waals surface area contributed by atoms with Gasteiger partial charge in [0.25, 0.3) is 0 Å². The number of aromatic nitrogens is 2. The summed E-state index contributed by atoms with van der Waals surface area (Å²) in [5.74, 6) is 2.88. The summed E-state index contributed by atoms with van der Waals surface area (Å²) < 4.78 is 11.4. The quantitative estimate of drug-likeness (QED) is 0.529. The van der Waals surface area contributed by atoms with Gasteiger partial charge in [-0.15, -0.1) is 0 Å². The minimum atomic E-state index is 0.546. The Morgan fingerprint density at radius 2 is 1.60 bits per heavy atom. The Kier molecular flexibility index (Phi) is 4.59. The first-order valence-corrected chi connectivity index (χ1v) is 9.88. The third-order valence-electron chi connectivity index (χ3n) is 5.05. The van der Waals surface area contributed by atoms with Crippen LogP contribution in [0.5, 0.6) is 11.5 Å². The maximum atomic E-state index is 5.73. The molecule has 0 atom stereocenters. The van der Waals surface area contributed by atoms with Gasteiger partial charge in [-0.25, -0.2) is 9.97 Å². The number of rotatable bonds is 4. The van der Waals surface area contributed by atoms with E-state index in [0.717, 1.165) is 45.2 Å². The molecule has 4 aromatic rings. The molecule has 5 rings (SSSR count). The highest BCUT2D eigenvalue weighted by Crippen LogP contribution is 2.35. The van der Waals surface area contributed by atoms with Crippen LogP contribution in [-0.2, 0) is 0 Å². The molecule has 6 heteroatoms. The van der Waals surface area contributed by atoms with Crippen LogP contribution in [0.25, 0.3) is 22.3 Å². The van der Waals surface area contributed by atoms with E-state index in [-0.39, 0.29) is 0 Å². The molecule has 0 fully saturated rings. The summed E-state index contributed by atoms with van der Waals surface area (Å²) in [4.78, 5) is 11.7. The molecule has 1 aliphatic heterocycles.